The second-order valence-corrected chi connectivity index (χ2v) is 4.96. The Morgan fingerprint density at radius 1 is 1.05 bits per heavy atom. The normalized spacial score (nSPS) is 10.0. The van der Waals surface area contributed by atoms with Crippen LogP contribution >= 0.6 is 11.6 Å². The molecule has 0 fully saturated rings. The van der Waals surface area contributed by atoms with Gasteiger partial charge < -0.3 is 20.1 Å². The zero-order valence-corrected chi connectivity index (χ0v) is 13.3. The van der Waals surface area contributed by atoms with E-state index in [0.717, 1.165) is 5.56 Å². The Labute approximate surface area is 134 Å². The summed E-state index contributed by atoms with van der Waals surface area (Å²) < 4.78 is 10.4. The van der Waals surface area contributed by atoms with Gasteiger partial charge in [-0.3, -0.25) is 0 Å². The molecule has 0 unspecified atom stereocenters. The maximum absolute atomic E-state index is 12.2. The van der Waals surface area contributed by atoms with Crippen molar-refractivity contribution in [2.75, 3.05) is 24.9 Å². The fraction of sp³-hybridized carbons (Fsp3) is 0.188. The van der Waals surface area contributed by atoms with Crippen LogP contribution < -0.4 is 20.1 Å². The third-order valence-corrected chi connectivity index (χ3v) is 3.58. The average Bonchev–Trinajstić information content (AvgIpc) is 2.51. The number of rotatable bonds is 4. The Hall–Kier alpha value is -2.40. The lowest BCUT2D eigenvalue weighted by Gasteiger charge is -2.13. The number of carbonyl (C=O) groups is 1. The van der Waals surface area contributed by atoms with E-state index in [1.807, 2.05) is 6.92 Å². The maximum Gasteiger partial charge on any atom is 0.323 e. The van der Waals surface area contributed by atoms with Crippen molar-refractivity contribution < 1.29 is 14.3 Å². The van der Waals surface area contributed by atoms with Crippen molar-refractivity contribution in [2.24, 2.45) is 0 Å². The number of hydrogen-bond acceptors (Lipinski definition) is 3. The van der Waals surface area contributed by atoms with Crippen LogP contribution in [0.15, 0.2) is 36.4 Å². The SMILES string of the molecule is COc1ccc(OC)c(NC(=O)Nc2cccc(Cl)c2C)c1. The molecule has 0 saturated heterocycles. The molecule has 0 aliphatic rings. The minimum absolute atomic E-state index is 0.392. The lowest BCUT2D eigenvalue weighted by Crippen LogP contribution is -2.20. The summed E-state index contributed by atoms with van der Waals surface area (Å²) in [6.45, 7) is 1.84. The number of methoxy groups -OCH3 is 2. The highest BCUT2D eigenvalue weighted by Gasteiger charge is 2.11. The van der Waals surface area contributed by atoms with E-state index in [1.54, 1.807) is 43.5 Å². The van der Waals surface area contributed by atoms with Crippen molar-refractivity contribution in [1.82, 2.24) is 0 Å². The first-order chi connectivity index (χ1) is 10.5. The van der Waals surface area contributed by atoms with E-state index in [1.165, 1.54) is 7.11 Å². The van der Waals surface area contributed by atoms with Gasteiger partial charge >= 0.3 is 6.03 Å². The monoisotopic (exact) mass is 320 g/mol. The van der Waals surface area contributed by atoms with Crippen LogP contribution in [0.5, 0.6) is 11.5 Å². The summed E-state index contributed by atoms with van der Waals surface area (Å²) in [5.74, 6) is 1.16. The first kappa shape index (κ1) is 16.0. The van der Waals surface area contributed by atoms with Gasteiger partial charge in [0.15, 0.2) is 0 Å². The number of anilines is 2. The quantitative estimate of drug-likeness (QED) is 0.882. The van der Waals surface area contributed by atoms with Crippen molar-refractivity contribution in [3.63, 3.8) is 0 Å². The van der Waals surface area contributed by atoms with Crippen LogP contribution in [0.4, 0.5) is 16.2 Å². The second-order valence-electron chi connectivity index (χ2n) is 4.56. The largest absolute Gasteiger partial charge is 0.497 e. The van der Waals surface area contributed by atoms with E-state index in [-0.39, 0.29) is 0 Å². The summed E-state index contributed by atoms with van der Waals surface area (Å²) >= 11 is 6.04. The molecule has 0 heterocycles. The molecule has 0 aromatic heterocycles. The number of halogens is 1. The molecular weight excluding hydrogens is 304 g/mol. The molecule has 0 spiro atoms. The molecule has 0 saturated carbocycles. The topological polar surface area (TPSA) is 59.6 Å². The second kappa shape index (κ2) is 7.04. The number of carbonyl (C=O) groups excluding carboxylic acids is 1. The number of amides is 2. The minimum atomic E-state index is -0.392. The Morgan fingerprint density at radius 3 is 2.45 bits per heavy atom. The molecule has 116 valence electrons. The third-order valence-electron chi connectivity index (χ3n) is 3.17. The highest BCUT2D eigenvalue weighted by atomic mass is 35.5. The highest BCUT2D eigenvalue weighted by molar-refractivity contribution is 6.31. The smallest absolute Gasteiger partial charge is 0.323 e. The van der Waals surface area contributed by atoms with Crippen LogP contribution in [-0.4, -0.2) is 20.3 Å². The van der Waals surface area contributed by atoms with Gasteiger partial charge in [0.25, 0.3) is 0 Å². The Kier molecular flexibility index (Phi) is 5.12. The van der Waals surface area contributed by atoms with Crippen molar-refractivity contribution in [3.8, 4) is 11.5 Å². The number of nitrogens with one attached hydrogen (secondary N) is 2. The maximum atomic E-state index is 12.2. The molecule has 2 N–H and O–H groups in total. The van der Waals surface area contributed by atoms with E-state index in [0.29, 0.717) is 27.9 Å². The van der Waals surface area contributed by atoms with E-state index in [2.05, 4.69) is 10.6 Å². The molecule has 6 heteroatoms. The number of benzene rings is 2. The van der Waals surface area contributed by atoms with Crippen LogP contribution in [0.2, 0.25) is 5.02 Å². The summed E-state index contributed by atoms with van der Waals surface area (Å²) in [5, 5.41) is 6.08. The Morgan fingerprint density at radius 2 is 1.77 bits per heavy atom. The van der Waals surface area contributed by atoms with Gasteiger partial charge in [-0.15, -0.1) is 0 Å². The molecule has 2 aromatic rings. The molecule has 2 amide bonds. The van der Waals surface area contributed by atoms with Gasteiger partial charge in [0.05, 0.1) is 19.9 Å². The standard InChI is InChI=1S/C16H17ClN2O3/c1-10-12(17)5-4-6-13(10)18-16(20)19-14-9-11(21-2)7-8-15(14)22-3/h4-9H,1-3H3,(H2,18,19,20). The summed E-state index contributed by atoms with van der Waals surface area (Å²) in [4.78, 5) is 12.2. The van der Waals surface area contributed by atoms with Crippen LogP contribution in [0.25, 0.3) is 0 Å². The van der Waals surface area contributed by atoms with Crippen LogP contribution in [0.3, 0.4) is 0 Å². The zero-order chi connectivity index (χ0) is 16.1. The molecule has 0 atom stereocenters. The molecule has 0 aliphatic heterocycles. The van der Waals surface area contributed by atoms with Crippen LogP contribution in [0, 0.1) is 6.92 Å². The summed E-state index contributed by atoms with van der Waals surface area (Å²) in [5.41, 5.74) is 1.96. The minimum Gasteiger partial charge on any atom is -0.497 e. The van der Waals surface area contributed by atoms with Gasteiger partial charge in [0, 0.05) is 16.8 Å². The lowest BCUT2D eigenvalue weighted by molar-refractivity contribution is 0.262. The molecule has 5 nitrogen and oxygen atoms in total. The first-order valence-electron chi connectivity index (χ1n) is 6.60. The van der Waals surface area contributed by atoms with Crippen LogP contribution in [0.1, 0.15) is 5.56 Å². The van der Waals surface area contributed by atoms with Gasteiger partial charge in [-0.05, 0) is 36.8 Å². The van der Waals surface area contributed by atoms with Gasteiger partial charge in [-0.1, -0.05) is 17.7 Å². The van der Waals surface area contributed by atoms with E-state index in [9.17, 15) is 4.79 Å². The van der Waals surface area contributed by atoms with Crippen molar-refractivity contribution in [2.45, 2.75) is 6.92 Å². The van der Waals surface area contributed by atoms with Gasteiger partial charge in [-0.25, -0.2) is 4.79 Å². The zero-order valence-electron chi connectivity index (χ0n) is 12.6. The molecule has 2 rings (SSSR count). The molecular formula is C16H17ClN2O3. The predicted molar refractivity (Wildman–Crippen MR) is 88.4 cm³/mol. The summed E-state index contributed by atoms with van der Waals surface area (Å²) in [6, 6.07) is 10.1. The number of urea groups is 1. The fourth-order valence-corrected chi connectivity index (χ4v) is 2.11. The average molecular weight is 321 g/mol. The van der Waals surface area contributed by atoms with Gasteiger partial charge in [0.2, 0.25) is 0 Å². The van der Waals surface area contributed by atoms with E-state index < -0.39 is 6.03 Å². The molecule has 0 radical (unpaired) electrons. The molecule has 0 bridgehead atoms. The molecule has 2 aromatic carbocycles. The highest BCUT2D eigenvalue weighted by Crippen LogP contribution is 2.29. The number of ether oxygens (including phenoxy) is 2. The molecule has 0 aliphatic carbocycles. The first-order valence-corrected chi connectivity index (χ1v) is 6.98. The van der Waals surface area contributed by atoms with Gasteiger partial charge in [-0.2, -0.15) is 0 Å². The van der Waals surface area contributed by atoms with Gasteiger partial charge in [0.1, 0.15) is 11.5 Å². The lowest BCUT2D eigenvalue weighted by atomic mass is 10.2. The summed E-state index contributed by atoms with van der Waals surface area (Å²) in [6.07, 6.45) is 0. The Bertz CT molecular complexity index is 689. The van der Waals surface area contributed by atoms with Crippen molar-refractivity contribution in [3.05, 3.63) is 47.0 Å². The van der Waals surface area contributed by atoms with Crippen molar-refractivity contribution in [1.29, 1.82) is 0 Å². The summed E-state index contributed by atoms with van der Waals surface area (Å²) in [7, 11) is 3.09. The third kappa shape index (κ3) is 3.62. The van der Waals surface area contributed by atoms with Crippen molar-refractivity contribution >= 4 is 29.0 Å². The number of hydrogen-bond donors (Lipinski definition) is 2. The molecule has 22 heavy (non-hydrogen) atoms. The van der Waals surface area contributed by atoms with E-state index >= 15 is 0 Å². The fourth-order valence-electron chi connectivity index (χ4n) is 1.93. The predicted octanol–water partition coefficient (Wildman–Crippen LogP) is 4.31. The Balaban J connectivity index is 2.16. The van der Waals surface area contributed by atoms with Crippen LogP contribution in [-0.2, 0) is 0 Å². The van der Waals surface area contributed by atoms with E-state index in [4.69, 9.17) is 21.1 Å².